The molecule has 0 aromatic heterocycles. The van der Waals surface area contributed by atoms with Crippen molar-refractivity contribution in [3.05, 3.63) is 34.6 Å². The van der Waals surface area contributed by atoms with Crippen molar-refractivity contribution in [2.75, 3.05) is 39.9 Å². The lowest BCUT2D eigenvalue weighted by atomic mass is 10.1. The fraction of sp³-hybridized carbons (Fsp3) is 0.600. The van der Waals surface area contributed by atoms with E-state index in [1.807, 2.05) is 0 Å². The molecule has 1 fully saturated rings. The van der Waals surface area contributed by atoms with Gasteiger partial charge in [-0.3, -0.25) is 0 Å². The molecule has 1 saturated heterocycles. The average Bonchev–Trinajstić information content (AvgIpc) is 2.87. The lowest BCUT2D eigenvalue weighted by molar-refractivity contribution is 0.159. The normalized spacial score (nSPS) is 19.6. The second-order valence-corrected chi connectivity index (χ2v) is 5.72. The summed E-state index contributed by atoms with van der Waals surface area (Å²) >= 11 is 6.00. The molecule has 1 aliphatic heterocycles. The zero-order valence-corrected chi connectivity index (χ0v) is 12.6. The zero-order valence-electron chi connectivity index (χ0n) is 11.9. The highest BCUT2D eigenvalue weighted by molar-refractivity contribution is 6.31. The van der Waals surface area contributed by atoms with Crippen LogP contribution in [0, 0.1) is 11.7 Å². The van der Waals surface area contributed by atoms with Crippen LogP contribution < -0.4 is 5.32 Å². The quantitative estimate of drug-likeness (QED) is 0.837. The van der Waals surface area contributed by atoms with E-state index < -0.39 is 0 Å². The summed E-state index contributed by atoms with van der Waals surface area (Å²) in [5.41, 5.74) is 0.947. The van der Waals surface area contributed by atoms with Gasteiger partial charge in [-0.2, -0.15) is 0 Å². The summed E-state index contributed by atoms with van der Waals surface area (Å²) in [4.78, 5) is 2.43. The highest BCUT2D eigenvalue weighted by atomic mass is 35.5. The van der Waals surface area contributed by atoms with Gasteiger partial charge in [-0.1, -0.05) is 17.7 Å². The van der Waals surface area contributed by atoms with Gasteiger partial charge in [0.15, 0.2) is 0 Å². The summed E-state index contributed by atoms with van der Waals surface area (Å²) in [6.07, 6.45) is 1.22. The van der Waals surface area contributed by atoms with Gasteiger partial charge in [0.1, 0.15) is 5.82 Å². The van der Waals surface area contributed by atoms with Gasteiger partial charge in [0.25, 0.3) is 0 Å². The molecule has 0 amide bonds. The summed E-state index contributed by atoms with van der Waals surface area (Å²) in [6, 6.07) is 4.55. The highest BCUT2D eigenvalue weighted by Crippen LogP contribution is 2.18. The van der Waals surface area contributed by atoms with Crippen LogP contribution in [0.3, 0.4) is 0 Å². The summed E-state index contributed by atoms with van der Waals surface area (Å²) in [5.74, 6) is 0.384. The van der Waals surface area contributed by atoms with Crippen molar-refractivity contribution in [3.63, 3.8) is 0 Å². The van der Waals surface area contributed by atoms with Crippen molar-refractivity contribution in [3.8, 4) is 0 Å². The Morgan fingerprint density at radius 3 is 3.10 bits per heavy atom. The molecule has 0 radical (unpaired) electrons. The van der Waals surface area contributed by atoms with E-state index in [1.165, 1.54) is 18.6 Å². The average molecular weight is 301 g/mol. The van der Waals surface area contributed by atoms with Crippen LogP contribution in [-0.4, -0.2) is 44.8 Å². The molecule has 3 nitrogen and oxygen atoms in total. The summed E-state index contributed by atoms with van der Waals surface area (Å²) in [7, 11) is 1.74. The molecule has 0 spiro atoms. The number of nitrogens with zero attached hydrogens (tertiary/aromatic N) is 1. The molecule has 1 unspecified atom stereocenters. The number of methoxy groups -OCH3 is 1. The van der Waals surface area contributed by atoms with E-state index in [4.69, 9.17) is 16.3 Å². The summed E-state index contributed by atoms with van der Waals surface area (Å²) in [5, 5.41) is 3.91. The van der Waals surface area contributed by atoms with Crippen LogP contribution in [0.4, 0.5) is 4.39 Å². The van der Waals surface area contributed by atoms with E-state index in [2.05, 4.69) is 10.2 Å². The fourth-order valence-corrected chi connectivity index (χ4v) is 2.81. The standard InChI is InChI=1S/C15H22ClFN2O/c1-20-7-6-19-5-4-12(11-19)9-18-10-13-2-3-14(17)8-15(13)16/h2-3,8,12,18H,4-7,9-11H2,1H3. The van der Waals surface area contributed by atoms with Gasteiger partial charge in [-0.15, -0.1) is 0 Å². The van der Waals surface area contributed by atoms with E-state index in [1.54, 1.807) is 13.2 Å². The molecule has 5 heteroatoms. The molecule has 1 heterocycles. The maximum absolute atomic E-state index is 12.9. The Hall–Kier alpha value is -0.680. The van der Waals surface area contributed by atoms with Crippen molar-refractivity contribution in [1.29, 1.82) is 0 Å². The fourth-order valence-electron chi connectivity index (χ4n) is 2.58. The van der Waals surface area contributed by atoms with E-state index in [-0.39, 0.29) is 5.82 Å². The Kier molecular flexibility index (Phi) is 6.23. The van der Waals surface area contributed by atoms with Gasteiger partial charge in [0.05, 0.1) is 6.61 Å². The number of halogens is 2. The smallest absolute Gasteiger partial charge is 0.124 e. The number of nitrogens with one attached hydrogen (secondary N) is 1. The SMILES string of the molecule is COCCN1CCC(CNCc2ccc(F)cc2Cl)C1. The maximum Gasteiger partial charge on any atom is 0.124 e. The van der Waals surface area contributed by atoms with E-state index >= 15 is 0 Å². The van der Waals surface area contributed by atoms with E-state index in [9.17, 15) is 4.39 Å². The molecule has 0 saturated carbocycles. The van der Waals surface area contributed by atoms with Crippen LogP contribution in [0.25, 0.3) is 0 Å². The van der Waals surface area contributed by atoms with Crippen LogP contribution in [-0.2, 0) is 11.3 Å². The highest BCUT2D eigenvalue weighted by Gasteiger charge is 2.21. The third-order valence-electron chi connectivity index (χ3n) is 3.75. The number of hydrogen-bond donors (Lipinski definition) is 1. The minimum Gasteiger partial charge on any atom is -0.383 e. The first kappa shape index (κ1) is 15.7. The van der Waals surface area contributed by atoms with Gasteiger partial charge < -0.3 is 15.0 Å². The first-order chi connectivity index (χ1) is 9.69. The molecule has 1 aromatic carbocycles. The number of likely N-dealkylation sites (tertiary alicyclic amines) is 1. The maximum atomic E-state index is 12.9. The van der Waals surface area contributed by atoms with Gasteiger partial charge in [-0.05, 0) is 43.1 Å². The second-order valence-electron chi connectivity index (χ2n) is 5.31. The van der Waals surface area contributed by atoms with Gasteiger partial charge in [0, 0.05) is 31.8 Å². The van der Waals surface area contributed by atoms with E-state index in [0.717, 1.165) is 38.3 Å². The monoisotopic (exact) mass is 300 g/mol. The molecule has 0 aliphatic carbocycles. The summed E-state index contributed by atoms with van der Waals surface area (Å²) < 4.78 is 18.0. The molecule has 112 valence electrons. The third-order valence-corrected chi connectivity index (χ3v) is 4.10. The van der Waals surface area contributed by atoms with Crippen molar-refractivity contribution >= 4 is 11.6 Å². The van der Waals surface area contributed by atoms with Gasteiger partial charge in [0.2, 0.25) is 0 Å². The summed E-state index contributed by atoms with van der Waals surface area (Å²) in [6.45, 7) is 5.73. The minimum absolute atomic E-state index is 0.289. The Bertz CT molecular complexity index is 430. The lowest BCUT2D eigenvalue weighted by Gasteiger charge is -2.15. The van der Waals surface area contributed by atoms with Crippen molar-refractivity contribution < 1.29 is 9.13 Å². The Morgan fingerprint density at radius 1 is 1.50 bits per heavy atom. The van der Waals surface area contributed by atoms with Crippen molar-refractivity contribution in [2.45, 2.75) is 13.0 Å². The van der Waals surface area contributed by atoms with Gasteiger partial charge >= 0.3 is 0 Å². The van der Waals surface area contributed by atoms with Gasteiger partial charge in [-0.25, -0.2) is 4.39 Å². The Morgan fingerprint density at radius 2 is 2.35 bits per heavy atom. The first-order valence-corrected chi connectivity index (χ1v) is 7.42. The molecule has 20 heavy (non-hydrogen) atoms. The molecule has 1 aromatic rings. The van der Waals surface area contributed by atoms with Crippen LogP contribution in [0.15, 0.2) is 18.2 Å². The zero-order chi connectivity index (χ0) is 14.4. The molecule has 0 bridgehead atoms. The van der Waals surface area contributed by atoms with Crippen molar-refractivity contribution in [2.24, 2.45) is 5.92 Å². The molecular weight excluding hydrogens is 279 g/mol. The molecular formula is C15H22ClFN2O. The minimum atomic E-state index is -0.289. The first-order valence-electron chi connectivity index (χ1n) is 7.05. The van der Waals surface area contributed by atoms with E-state index in [0.29, 0.717) is 17.5 Å². The molecule has 2 rings (SSSR count). The van der Waals surface area contributed by atoms with Crippen LogP contribution in [0.5, 0.6) is 0 Å². The third kappa shape index (κ3) is 4.70. The number of benzene rings is 1. The van der Waals surface area contributed by atoms with Crippen LogP contribution in [0.2, 0.25) is 5.02 Å². The predicted molar refractivity (Wildman–Crippen MR) is 79.5 cm³/mol. The lowest BCUT2D eigenvalue weighted by Crippen LogP contribution is -2.28. The molecule has 1 aliphatic rings. The Labute approximate surface area is 125 Å². The predicted octanol–water partition coefficient (Wildman–Crippen LogP) is 2.54. The molecule has 1 atom stereocenters. The number of rotatable bonds is 7. The second kappa shape index (κ2) is 7.93. The van der Waals surface area contributed by atoms with Crippen LogP contribution >= 0.6 is 11.6 Å². The van der Waals surface area contributed by atoms with Crippen molar-refractivity contribution in [1.82, 2.24) is 10.2 Å². The van der Waals surface area contributed by atoms with Crippen LogP contribution in [0.1, 0.15) is 12.0 Å². The topological polar surface area (TPSA) is 24.5 Å². The molecule has 1 N–H and O–H groups in total. The number of ether oxygens (including phenoxy) is 1. The number of hydrogen-bond acceptors (Lipinski definition) is 3. The largest absolute Gasteiger partial charge is 0.383 e. The Balaban J connectivity index is 1.69.